The number of rotatable bonds is 3. The van der Waals surface area contributed by atoms with E-state index in [-0.39, 0.29) is 5.41 Å². The predicted molar refractivity (Wildman–Crippen MR) is 81.7 cm³/mol. The van der Waals surface area contributed by atoms with Crippen LogP contribution in [-0.4, -0.2) is 25.9 Å². The average Bonchev–Trinajstić information content (AvgIpc) is 2.45. The Bertz CT molecular complexity index is 503. The van der Waals surface area contributed by atoms with E-state index in [9.17, 15) is 0 Å². The molecule has 0 radical (unpaired) electrons. The van der Waals surface area contributed by atoms with Crippen LogP contribution in [0.25, 0.3) is 0 Å². The Balaban J connectivity index is 1.82. The van der Waals surface area contributed by atoms with Crippen LogP contribution in [0.4, 0.5) is 5.69 Å². The van der Waals surface area contributed by atoms with Crippen LogP contribution < -0.4 is 10.1 Å². The van der Waals surface area contributed by atoms with E-state index in [4.69, 9.17) is 21.1 Å². The highest BCUT2D eigenvalue weighted by Crippen LogP contribution is 2.53. The third-order valence-electron chi connectivity index (χ3n) is 4.80. The van der Waals surface area contributed by atoms with Gasteiger partial charge in [0.15, 0.2) is 0 Å². The summed E-state index contributed by atoms with van der Waals surface area (Å²) in [5, 5.41) is 4.36. The average molecular weight is 296 g/mol. The molecule has 110 valence electrons. The van der Waals surface area contributed by atoms with Crippen molar-refractivity contribution in [2.45, 2.75) is 38.8 Å². The second kappa shape index (κ2) is 5.12. The second-order valence-electron chi connectivity index (χ2n) is 6.39. The second-order valence-corrected chi connectivity index (χ2v) is 6.82. The lowest BCUT2D eigenvalue weighted by atomic mass is 9.55. The van der Waals surface area contributed by atoms with Gasteiger partial charge in [0.25, 0.3) is 0 Å². The molecule has 2 fully saturated rings. The summed E-state index contributed by atoms with van der Waals surface area (Å²) in [6.45, 7) is 5.44. The first-order chi connectivity index (χ1) is 9.54. The van der Waals surface area contributed by atoms with Gasteiger partial charge >= 0.3 is 0 Å². The lowest BCUT2D eigenvalue weighted by Crippen LogP contribution is -2.67. The minimum absolute atomic E-state index is 0.137. The molecule has 0 aromatic heterocycles. The van der Waals surface area contributed by atoms with E-state index < -0.39 is 0 Å². The largest absolute Gasteiger partial charge is 0.495 e. The predicted octanol–water partition coefficient (Wildman–Crippen LogP) is 3.96. The maximum absolute atomic E-state index is 6.11. The standard InChI is InChI=1S/C16H22ClNO2/c1-16(2)14(11-5-4-8-20-15(11)16)18-12-9-10(17)6-7-13(12)19-3/h6-7,9,11,14-15,18H,4-5,8H2,1-3H3. The van der Waals surface area contributed by atoms with Gasteiger partial charge in [-0.05, 0) is 31.0 Å². The number of hydrogen-bond acceptors (Lipinski definition) is 3. The lowest BCUT2D eigenvalue weighted by Gasteiger charge is -2.60. The molecule has 1 saturated heterocycles. The van der Waals surface area contributed by atoms with Crippen molar-refractivity contribution in [3.63, 3.8) is 0 Å². The van der Waals surface area contributed by atoms with Crippen LogP contribution in [0.1, 0.15) is 26.7 Å². The quantitative estimate of drug-likeness (QED) is 0.915. The Morgan fingerprint density at radius 3 is 2.95 bits per heavy atom. The number of nitrogens with one attached hydrogen (secondary N) is 1. The summed E-state index contributed by atoms with van der Waals surface area (Å²) < 4.78 is 11.4. The molecule has 1 saturated carbocycles. The molecular weight excluding hydrogens is 274 g/mol. The van der Waals surface area contributed by atoms with Gasteiger partial charge in [0.2, 0.25) is 0 Å². The van der Waals surface area contributed by atoms with Crippen molar-refractivity contribution in [1.82, 2.24) is 0 Å². The molecular formula is C16H22ClNO2. The Kier molecular flexibility index (Phi) is 3.59. The molecule has 20 heavy (non-hydrogen) atoms. The molecule has 3 nitrogen and oxygen atoms in total. The van der Waals surface area contributed by atoms with Crippen molar-refractivity contribution in [2.75, 3.05) is 19.0 Å². The topological polar surface area (TPSA) is 30.5 Å². The molecule has 4 heteroatoms. The number of benzene rings is 1. The summed E-state index contributed by atoms with van der Waals surface area (Å²) >= 11 is 6.11. The van der Waals surface area contributed by atoms with E-state index in [1.54, 1.807) is 7.11 Å². The third-order valence-corrected chi connectivity index (χ3v) is 5.04. The van der Waals surface area contributed by atoms with E-state index in [0.29, 0.717) is 18.1 Å². The van der Waals surface area contributed by atoms with E-state index in [1.165, 1.54) is 6.42 Å². The first kappa shape index (κ1) is 14.0. The minimum Gasteiger partial charge on any atom is -0.495 e. The highest BCUT2D eigenvalue weighted by Gasteiger charge is 2.58. The number of halogens is 1. The summed E-state index contributed by atoms with van der Waals surface area (Å²) in [6, 6.07) is 6.10. The zero-order valence-corrected chi connectivity index (χ0v) is 13.0. The van der Waals surface area contributed by atoms with Crippen molar-refractivity contribution in [3.05, 3.63) is 23.2 Å². The SMILES string of the molecule is COc1ccc(Cl)cc1NC1C2CCCOC2C1(C)C. The molecule has 0 amide bonds. The van der Waals surface area contributed by atoms with Gasteiger partial charge in [-0.25, -0.2) is 0 Å². The number of anilines is 1. The van der Waals surface area contributed by atoms with Gasteiger partial charge in [-0.15, -0.1) is 0 Å². The van der Waals surface area contributed by atoms with E-state index in [1.807, 2.05) is 18.2 Å². The fourth-order valence-electron chi connectivity index (χ4n) is 3.78. The molecule has 2 aliphatic rings. The Labute approximate surface area is 125 Å². The van der Waals surface area contributed by atoms with Gasteiger partial charge in [-0.3, -0.25) is 0 Å². The van der Waals surface area contributed by atoms with Crippen molar-refractivity contribution in [3.8, 4) is 5.75 Å². The van der Waals surface area contributed by atoms with Crippen LogP contribution >= 0.6 is 11.6 Å². The van der Waals surface area contributed by atoms with Gasteiger partial charge in [-0.2, -0.15) is 0 Å². The summed E-state index contributed by atoms with van der Waals surface area (Å²) in [5.74, 6) is 1.42. The summed E-state index contributed by atoms with van der Waals surface area (Å²) in [4.78, 5) is 0. The van der Waals surface area contributed by atoms with Crippen molar-refractivity contribution < 1.29 is 9.47 Å². The molecule has 1 aliphatic heterocycles. The molecule has 1 N–H and O–H groups in total. The smallest absolute Gasteiger partial charge is 0.142 e. The maximum atomic E-state index is 6.11. The molecule has 0 bridgehead atoms. The van der Waals surface area contributed by atoms with Gasteiger partial charge in [0.1, 0.15) is 5.75 Å². The van der Waals surface area contributed by atoms with Crippen LogP contribution in [0, 0.1) is 11.3 Å². The monoisotopic (exact) mass is 295 g/mol. The maximum Gasteiger partial charge on any atom is 0.142 e. The molecule has 1 heterocycles. The van der Waals surface area contributed by atoms with Crippen LogP contribution in [0.5, 0.6) is 5.75 Å². The number of methoxy groups -OCH3 is 1. The minimum atomic E-state index is 0.137. The lowest BCUT2D eigenvalue weighted by molar-refractivity contribution is -0.177. The summed E-state index contributed by atoms with van der Waals surface area (Å²) in [6.07, 6.45) is 2.76. The Hall–Kier alpha value is -0.930. The Morgan fingerprint density at radius 2 is 2.20 bits per heavy atom. The van der Waals surface area contributed by atoms with E-state index in [0.717, 1.165) is 29.5 Å². The first-order valence-electron chi connectivity index (χ1n) is 7.25. The molecule has 3 rings (SSSR count). The van der Waals surface area contributed by atoms with E-state index >= 15 is 0 Å². The highest BCUT2D eigenvalue weighted by atomic mass is 35.5. The van der Waals surface area contributed by atoms with Gasteiger partial charge in [0.05, 0.1) is 18.9 Å². The number of ether oxygens (including phenoxy) is 2. The molecule has 0 spiro atoms. The number of fused-ring (bicyclic) bond motifs is 1. The van der Waals surface area contributed by atoms with Crippen molar-refractivity contribution in [2.24, 2.45) is 11.3 Å². The van der Waals surface area contributed by atoms with Crippen molar-refractivity contribution >= 4 is 17.3 Å². The molecule has 3 unspecified atom stereocenters. The summed E-state index contributed by atoms with van der Waals surface area (Å²) in [7, 11) is 1.69. The zero-order chi connectivity index (χ0) is 14.3. The third kappa shape index (κ3) is 2.17. The van der Waals surface area contributed by atoms with Crippen LogP contribution in [-0.2, 0) is 4.74 Å². The van der Waals surface area contributed by atoms with E-state index in [2.05, 4.69) is 19.2 Å². The first-order valence-corrected chi connectivity index (χ1v) is 7.63. The fraction of sp³-hybridized carbons (Fsp3) is 0.625. The summed E-state index contributed by atoms with van der Waals surface area (Å²) in [5.41, 5.74) is 1.11. The normalized spacial score (nSPS) is 31.1. The molecule has 3 atom stereocenters. The van der Waals surface area contributed by atoms with Crippen LogP contribution in [0.15, 0.2) is 18.2 Å². The number of hydrogen-bond donors (Lipinski definition) is 1. The molecule has 1 aromatic carbocycles. The van der Waals surface area contributed by atoms with Gasteiger partial charge < -0.3 is 14.8 Å². The van der Waals surface area contributed by atoms with Crippen molar-refractivity contribution in [1.29, 1.82) is 0 Å². The zero-order valence-electron chi connectivity index (χ0n) is 12.3. The molecule has 1 aliphatic carbocycles. The van der Waals surface area contributed by atoms with Crippen LogP contribution in [0.3, 0.4) is 0 Å². The molecule has 1 aromatic rings. The highest BCUT2D eigenvalue weighted by molar-refractivity contribution is 6.30. The van der Waals surface area contributed by atoms with Gasteiger partial charge in [0, 0.05) is 29.0 Å². The van der Waals surface area contributed by atoms with Gasteiger partial charge in [-0.1, -0.05) is 25.4 Å². The van der Waals surface area contributed by atoms with Crippen LogP contribution in [0.2, 0.25) is 5.02 Å². The Morgan fingerprint density at radius 1 is 1.40 bits per heavy atom. The fourth-order valence-corrected chi connectivity index (χ4v) is 3.95.